The molecule has 236 valence electrons. The number of carboxylic acids is 1. The molecular formula is C25H27F6N5O7. The van der Waals surface area contributed by atoms with E-state index in [1.54, 1.807) is 18.2 Å². The molecule has 18 heteroatoms. The van der Waals surface area contributed by atoms with Gasteiger partial charge in [-0.1, -0.05) is 30.3 Å². The van der Waals surface area contributed by atoms with Gasteiger partial charge in [-0.05, 0) is 31.2 Å². The van der Waals surface area contributed by atoms with Gasteiger partial charge in [-0.25, -0.2) is 15.6 Å². The highest BCUT2D eigenvalue weighted by Crippen LogP contribution is 2.41. The summed E-state index contributed by atoms with van der Waals surface area (Å²) in [6, 6.07) is 7.08. The van der Waals surface area contributed by atoms with Crippen LogP contribution in [0.2, 0.25) is 0 Å². The average molecular weight is 624 g/mol. The molecule has 1 fully saturated rings. The molecule has 0 saturated carbocycles. The van der Waals surface area contributed by atoms with Crippen molar-refractivity contribution in [1.82, 2.24) is 10.4 Å². The minimum absolute atomic E-state index is 0.0256. The van der Waals surface area contributed by atoms with Crippen LogP contribution in [0.3, 0.4) is 0 Å². The van der Waals surface area contributed by atoms with Gasteiger partial charge in [0.05, 0.1) is 24.2 Å². The molecule has 1 amide bonds. The zero-order valence-electron chi connectivity index (χ0n) is 22.3. The van der Waals surface area contributed by atoms with Crippen LogP contribution in [0.25, 0.3) is 0 Å². The standard InChI is InChI=1S/C25H27F6N5O7/c26-24(27,28)17-12-18(36(40)41)19(21(37)38)33-20(17)35-10-4-8-16(35)14-42-11-5-9-23(22(39)34-32,25(29,30)31)43-13-15-6-2-1-3-7-15/h1-3,6-7,12,16H,4-5,8-11,13-14,32H2,(H,34,39)(H,37,38)/t16-,23?/m0/s1. The molecule has 1 aliphatic heterocycles. The van der Waals surface area contributed by atoms with Gasteiger partial charge in [0, 0.05) is 19.2 Å². The Bertz CT molecular complexity index is 1310. The molecule has 1 aliphatic rings. The van der Waals surface area contributed by atoms with E-state index in [1.807, 2.05) is 0 Å². The lowest BCUT2D eigenvalue weighted by atomic mass is 9.95. The number of amides is 1. The number of halogens is 6. The number of pyridine rings is 1. The Labute approximate surface area is 239 Å². The summed E-state index contributed by atoms with van der Waals surface area (Å²) in [5.41, 5.74) is -5.51. The van der Waals surface area contributed by atoms with Crippen LogP contribution >= 0.6 is 0 Å². The Balaban J connectivity index is 1.74. The predicted octanol–water partition coefficient (Wildman–Crippen LogP) is 3.98. The Morgan fingerprint density at radius 2 is 1.86 bits per heavy atom. The third-order valence-electron chi connectivity index (χ3n) is 6.75. The number of carboxylic acid groups (broad SMARTS) is 1. The van der Waals surface area contributed by atoms with Gasteiger partial charge in [-0.2, -0.15) is 26.3 Å². The molecule has 0 aliphatic carbocycles. The number of nitro groups is 1. The molecule has 0 spiro atoms. The monoisotopic (exact) mass is 623 g/mol. The maximum atomic E-state index is 14.1. The fraction of sp³-hybridized carbons (Fsp3) is 0.480. The molecule has 1 aromatic carbocycles. The van der Waals surface area contributed by atoms with Crippen LogP contribution in [-0.4, -0.2) is 64.5 Å². The van der Waals surface area contributed by atoms with Gasteiger partial charge in [0.15, 0.2) is 0 Å². The van der Waals surface area contributed by atoms with Crippen molar-refractivity contribution in [2.45, 2.75) is 56.3 Å². The van der Waals surface area contributed by atoms with E-state index < -0.39 is 76.6 Å². The summed E-state index contributed by atoms with van der Waals surface area (Å²) in [5.74, 6) is 0.654. The SMILES string of the molecule is NNC(=O)C(CCCOC[C@@H]1CCCN1c1nc(C(=O)O)c([N+](=O)[O-])cc1C(F)(F)F)(OCc1ccccc1)C(F)(F)F. The highest BCUT2D eigenvalue weighted by molar-refractivity contribution is 5.91. The van der Waals surface area contributed by atoms with Gasteiger partial charge >= 0.3 is 24.0 Å². The van der Waals surface area contributed by atoms with Gasteiger partial charge in [0.1, 0.15) is 11.4 Å². The molecule has 3 rings (SSSR count). The molecule has 43 heavy (non-hydrogen) atoms. The van der Waals surface area contributed by atoms with E-state index in [4.69, 9.17) is 15.3 Å². The van der Waals surface area contributed by atoms with Crippen LogP contribution in [0, 0.1) is 10.1 Å². The van der Waals surface area contributed by atoms with Gasteiger partial charge in [-0.15, -0.1) is 0 Å². The van der Waals surface area contributed by atoms with Crippen molar-refractivity contribution < 1.29 is 55.4 Å². The Morgan fingerprint density at radius 3 is 2.42 bits per heavy atom. The first-order valence-corrected chi connectivity index (χ1v) is 12.7. The lowest BCUT2D eigenvalue weighted by Crippen LogP contribution is -2.60. The number of aromatic carboxylic acids is 1. The summed E-state index contributed by atoms with van der Waals surface area (Å²) in [7, 11) is 0. The third kappa shape index (κ3) is 7.68. The molecule has 1 aromatic heterocycles. The number of benzene rings is 1. The number of carbonyl (C=O) groups is 2. The number of hydrogen-bond acceptors (Lipinski definition) is 9. The summed E-state index contributed by atoms with van der Waals surface area (Å²) in [6.45, 7) is -1.25. The third-order valence-corrected chi connectivity index (χ3v) is 6.75. The maximum absolute atomic E-state index is 14.1. The van der Waals surface area contributed by atoms with Gasteiger partial charge in [-0.3, -0.25) is 20.3 Å². The number of anilines is 1. The number of nitrogens with one attached hydrogen (secondary N) is 1. The number of hydrogen-bond donors (Lipinski definition) is 3. The van der Waals surface area contributed by atoms with Crippen LogP contribution in [0.15, 0.2) is 36.4 Å². The summed E-state index contributed by atoms with van der Waals surface area (Å²) in [4.78, 5) is 38.3. The van der Waals surface area contributed by atoms with Crippen molar-refractivity contribution in [3.8, 4) is 0 Å². The highest BCUT2D eigenvalue weighted by atomic mass is 19.4. The van der Waals surface area contributed by atoms with Crippen LogP contribution in [0.1, 0.15) is 47.3 Å². The van der Waals surface area contributed by atoms with Crippen molar-refractivity contribution in [3.05, 3.63) is 63.3 Å². The second-order valence-electron chi connectivity index (χ2n) is 9.53. The largest absolute Gasteiger partial charge is 0.476 e. The van der Waals surface area contributed by atoms with E-state index in [0.29, 0.717) is 12.0 Å². The Morgan fingerprint density at radius 1 is 1.19 bits per heavy atom. The molecule has 12 nitrogen and oxygen atoms in total. The Kier molecular flexibility index (Phi) is 10.5. The van der Waals surface area contributed by atoms with E-state index in [2.05, 4.69) is 4.98 Å². The van der Waals surface area contributed by atoms with Gasteiger partial charge in [0.2, 0.25) is 11.3 Å². The van der Waals surface area contributed by atoms with E-state index in [9.17, 15) is 51.2 Å². The van der Waals surface area contributed by atoms with Crippen molar-refractivity contribution >= 4 is 23.4 Å². The molecule has 1 unspecified atom stereocenters. The first-order chi connectivity index (χ1) is 20.1. The number of hydrazine groups is 1. The van der Waals surface area contributed by atoms with Crippen molar-refractivity contribution in [1.29, 1.82) is 0 Å². The molecule has 0 radical (unpaired) electrons. The Hall–Kier alpha value is -4.03. The van der Waals surface area contributed by atoms with Crippen molar-refractivity contribution in [2.24, 2.45) is 5.84 Å². The lowest BCUT2D eigenvalue weighted by Gasteiger charge is -2.34. The van der Waals surface area contributed by atoms with Gasteiger partial charge in [0.25, 0.3) is 5.91 Å². The van der Waals surface area contributed by atoms with E-state index >= 15 is 0 Å². The fourth-order valence-corrected chi connectivity index (χ4v) is 4.65. The summed E-state index contributed by atoms with van der Waals surface area (Å²) in [6.07, 6.45) is -11.0. The minimum atomic E-state index is -5.18. The molecular weight excluding hydrogens is 596 g/mol. The normalized spacial score (nSPS) is 17.0. The number of nitrogens with two attached hydrogens (primary N) is 1. The van der Waals surface area contributed by atoms with E-state index in [1.165, 1.54) is 17.6 Å². The quantitative estimate of drug-likeness (QED) is 0.0741. The number of ether oxygens (including phenoxy) is 2. The molecule has 1 saturated heterocycles. The van der Waals surface area contributed by atoms with Crippen LogP contribution in [0.5, 0.6) is 0 Å². The minimum Gasteiger partial charge on any atom is -0.476 e. The molecule has 0 bridgehead atoms. The second kappa shape index (κ2) is 13.5. The highest BCUT2D eigenvalue weighted by Gasteiger charge is 2.61. The van der Waals surface area contributed by atoms with Crippen molar-refractivity contribution in [2.75, 3.05) is 24.7 Å². The van der Waals surface area contributed by atoms with Crippen LogP contribution in [-0.2, 0) is 27.1 Å². The topological polar surface area (TPSA) is 170 Å². The number of rotatable bonds is 13. The number of carbonyl (C=O) groups excluding carboxylic acids is 1. The number of aromatic nitrogens is 1. The zero-order chi connectivity index (χ0) is 32.0. The molecule has 2 heterocycles. The fourth-order valence-electron chi connectivity index (χ4n) is 4.65. The molecule has 2 aromatic rings. The van der Waals surface area contributed by atoms with Crippen LogP contribution in [0.4, 0.5) is 37.8 Å². The first-order valence-electron chi connectivity index (χ1n) is 12.7. The molecule has 2 atom stereocenters. The smallest absolute Gasteiger partial charge is 0.426 e. The zero-order valence-corrected chi connectivity index (χ0v) is 22.3. The van der Waals surface area contributed by atoms with E-state index in [-0.39, 0.29) is 38.7 Å². The summed E-state index contributed by atoms with van der Waals surface area (Å²) in [5, 5.41) is 20.5. The first kappa shape index (κ1) is 33.5. The molecule has 4 N–H and O–H groups in total. The van der Waals surface area contributed by atoms with Crippen LogP contribution < -0.4 is 16.2 Å². The maximum Gasteiger partial charge on any atom is 0.426 e. The summed E-state index contributed by atoms with van der Waals surface area (Å²) < 4.78 is 94.4. The van der Waals surface area contributed by atoms with Gasteiger partial charge < -0.3 is 19.5 Å². The second-order valence-corrected chi connectivity index (χ2v) is 9.53. The average Bonchev–Trinajstić information content (AvgIpc) is 3.41. The van der Waals surface area contributed by atoms with E-state index in [0.717, 1.165) is 4.90 Å². The summed E-state index contributed by atoms with van der Waals surface area (Å²) >= 11 is 0. The number of alkyl halides is 6. The number of nitrogens with zero attached hydrogens (tertiary/aromatic N) is 3. The predicted molar refractivity (Wildman–Crippen MR) is 136 cm³/mol. The van der Waals surface area contributed by atoms with Crippen molar-refractivity contribution in [3.63, 3.8) is 0 Å². The lowest BCUT2D eigenvalue weighted by molar-refractivity contribution is -0.385.